The maximum Gasteiger partial charge on any atom is 0.306 e. The number of hydrogen-bond donors (Lipinski definition) is 0. The number of hydrogen-bond acceptors (Lipinski definition) is 6. The van der Waals surface area contributed by atoms with Gasteiger partial charge in [-0.3, -0.25) is 14.4 Å². The van der Waals surface area contributed by atoms with Crippen LogP contribution in [0, 0.1) is 0 Å². The van der Waals surface area contributed by atoms with Crippen LogP contribution in [0.2, 0.25) is 0 Å². The van der Waals surface area contributed by atoms with Crippen LogP contribution in [0.3, 0.4) is 0 Å². The van der Waals surface area contributed by atoms with E-state index in [0.717, 1.165) is 148 Å². The number of unbranched alkanes of at least 4 members (excludes halogenated alkanes) is 22. The molecule has 0 heterocycles. The Kier molecular flexibility index (Phi) is 59.4. The highest BCUT2D eigenvalue weighted by molar-refractivity contribution is 5.71. The van der Waals surface area contributed by atoms with E-state index < -0.39 is 6.10 Å². The Morgan fingerprint density at radius 1 is 0.276 bits per heavy atom. The summed E-state index contributed by atoms with van der Waals surface area (Å²) in [7, 11) is 0. The van der Waals surface area contributed by atoms with Gasteiger partial charge >= 0.3 is 17.9 Å². The van der Waals surface area contributed by atoms with Gasteiger partial charge < -0.3 is 14.2 Å². The molecule has 0 aromatic carbocycles. The molecule has 0 radical (unpaired) electrons. The second kappa shape index (κ2) is 63.1. The summed E-state index contributed by atoms with van der Waals surface area (Å²) in [6.45, 7) is 6.44. The predicted molar refractivity (Wildman–Crippen MR) is 329 cm³/mol. The molecule has 0 aliphatic rings. The van der Waals surface area contributed by atoms with Crippen molar-refractivity contribution in [3.63, 3.8) is 0 Å². The standard InChI is InChI=1S/C70H114O6/c1-4-7-10-13-16-19-22-25-28-31-32-33-34-35-36-37-38-40-42-45-48-51-54-57-60-63-69(72)75-66-67(65-74-68(71)62-59-56-53-50-47-44-41-30-27-24-21-18-15-12-9-6-3)76-70(73)64-61-58-55-52-49-46-43-39-29-26-23-20-17-14-11-8-5-2/h7,10,16-17,19-21,24-26,28-30,32-33,35-36,38,40-41,45,48,67H,4-6,8-9,11-15,18,22-23,27,31,34,37,39,42-44,46-47,49-66H2,1-3H3/b10-7-,19-16-,20-17-,24-21-,28-25-,29-26-,33-32-,36-35-,40-38-,41-30-,48-45-. The van der Waals surface area contributed by atoms with Gasteiger partial charge in [-0.15, -0.1) is 0 Å². The molecule has 0 bridgehead atoms. The summed E-state index contributed by atoms with van der Waals surface area (Å²) in [5, 5.41) is 0. The zero-order valence-corrected chi connectivity index (χ0v) is 49.2. The number of allylic oxidation sites excluding steroid dienone is 22. The van der Waals surface area contributed by atoms with Crippen LogP contribution in [0.25, 0.3) is 0 Å². The molecule has 0 amide bonds. The van der Waals surface area contributed by atoms with Crippen molar-refractivity contribution in [2.24, 2.45) is 0 Å². The molecule has 0 saturated heterocycles. The number of carbonyl (C=O) groups excluding carboxylic acids is 3. The van der Waals surface area contributed by atoms with E-state index in [0.29, 0.717) is 19.3 Å². The molecule has 0 N–H and O–H groups in total. The van der Waals surface area contributed by atoms with Crippen molar-refractivity contribution in [2.45, 2.75) is 277 Å². The monoisotopic (exact) mass is 1050 g/mol. The number of ether oxygens (including phenoxy) is 3. The summed E-state index contributed by atoms with van der Waals surface area (Å²) in [4.78, 5) is 38.3. The maximum atomic E-state index is 12.9. The van der Waals surface area contributed by atoms with E-state index in [2.05, 4.69) is 154 Å². The van der Waals surface area contributed by atoms with Gasteiger partial charge in [-0.1, -0.05) is 244 Å². The molecule has 0 saturated carbocycles. The van der Waals surface area contributed by atoms with E-state index in [-0.39, 0.29) is 31.1 Å². The van der Waals surface area contributed by atoms with Crippen LogP contribution in [-0.4, -0.2) is 37.2 Å². The summed E-state index contributed by atoms with van der Waals surface area (Å²) in [5.41, 5.74) is 0. The fourth-order valence-electron chi connectivity index (χ4n) is 8.19. The molecule has 1 unspecified atom stereocenters. The van der Waals surface area contributed by atoms with E-state index in [4.69, 9.17) is 14.2 Å². The van der Waals surface area contributed by atoms with Crippen LogP contribution in [-0.2, 0) is 28.6 Å². The molecule has 0 rings (SSSR count). The Morgan fingerprint density at radius 3 is 0.842 bits per heavy atom. The summed E-state index contributed by atoms with van der Waals surface area (Å²) in [5.74, 6) is -0.957. The average molecular weight is 1050 g/mol. The van der Waals surface area contributed by atoms with Gasteiger partial charge in [-0.25, -0.2) is 0 Å². The molecule has 76 heavy (non-hydrogen) atoms. The third-order valence-corrected chi connectivity index (χ3v) is 12.9. The average Bonchev–Trinajstić information content (AvgIpc) is 3.42. The van der Waals surface area contributed by atoms with Gasteiger partial charge in [0.2, 0.25) is 0 Å². The fourth-order valence-corrected chi connectivity index (χ4v) is 8.19. The predicted octanol–water partition coefficient (Wildman–Crippen LogP) is 21.4. The zero-order valence-electron chi connectivity index (χ0n) is 49.2. The number of rotatable bonds is 55. The molecule has 6 nitrogen and oxygen atoms in total. The van der Waals surface area contributed by atoms with Gasteiger partial charge in [0.15, 0.2) is 6.10 Å². The molecule has 0 aromatic heterocycles. The van der Waals surface area contributed by atoms with Gasteiger partial charge in [-0.2, -0.15) is 0 Å². The molecule has 0 aliphatic carbocycles. The molecule has 1 atom stereocenters. The second-order valence-electron chi connectivity index (χ2n) is 20.2. The first-order valence-electron chi connectivity index (χ1n) is 31.2. The quantitative estimate of drug-likeness (QED) is 0.0261. The van der Waals surface area contributed by atoms with Crippen LogP contribution in [0.4, 0.5) is 0 Å². The summed E-state index contributed by atoms with van der Waals surface area (Å²) >= 11 is 0. The van der Waals surface area contributed by atoms with Gasteiger partial charge in [0.1, 0.15) is 13.2 Å². The number of esters is 3. The normalized spacial score (nSPS) is 13.0. The van der Waals surface area contributed by atoms with Crippen LogP contribution >= 0.6 is 0 Å². The molecular formula is C70H114O6. The van der Waals surface area contributed by atoms with Crippen molar-refractivity contribution in [3.05, 3.63) is 134 Å². The first kappa shape index (κ1) is 71.5. The van der Waals surface area contributed by atoms with E-state index in [1.807, 2.05) is 0 Å². The maximum absolute atomic E-state index is 12.9. The summed E-state index contributed by atoms with van der Waals surface area (Å²) < 4.78 is 16.9. The lowest BCUT2D eigenvalue weighted by molar-refractivity contribution is -0.167. The minimum atomic E-state index is -0.808. The highest BCUT2D eigenvalue weighted by atomic mass is 16.6. The zero-order chi connectivity index (χ0) is 55.0. The Bertz CT molecular complexity index is 1630. The molecule has 6 heteroatoms. The molecule has 0 spiro atoms. The van der Waals surface area contributed by atoms with Crippen molar-refractivity contribution in [1.82, 2.24) is 0 Å². The highest BCUT2D eigenvalue weighted by Gasteiger charge is 2.19. The SMILES string of the molecule is CC/C=C\C/C=C\C/C=C\C/C=C\C/C=C\C/C=C\C/C=C\CCCCCC(=O)OCC(COC(=O)CCCCCCC/C=C\C/C=C\CCCCCC)OC(=O)CCCCCCCCC/C=C\C/C=C\CCCCC. The third kappa shape index (κ3) is 60.4. The molecule has 430 valence electrons. The Morgan fingerprint density at radius 2 is 0.513 bits per heavy atom. The van der Waals surface area contributed by atoms with Crippen LogP contribution in [0.15, 0.2) is 134 Å². The molecular weight excluding hydrogens is 937 g/mol. The van der Waals surface area contributed by atoms with Crippen LogP contribution in [0.5, 0.6) is 0 Å². The van der Waals surface area contributed by atoms with Crippen molar-refractivity contribution in [3.8, 4) is 0 Å². The third-order valence-electron chi connectivity index (χ3n) is 12.9. The minimum absolute atomic E-state index is 0.103. The van der Waals surface area contributed by atoms with Gasteiger partial charge in [-0.05, 0) is 141 Å². The summed E-state index contributed by atoms with van der Waals surface area (Å²) in [6.07, 6.45) is 88.7. The van der Waals surface area contributed by atoms with Gasteiger partial charge in [0, 0.05) is 19.3 Å². The lowest BCUT2D eigenvalue weighted by Gasteiger charge is -2.18. The van der Waals surface area contributed by atoms with Crippen molar-refractivity contribution in [2.75, 3.05) is 13.2 Å². The van der Waals surface area contributed by atoms with E-state index in [1.54, 1.807) is 0 Å². The minimum Gasteiger partial charge on any atom is -0.462 e. The molecule has 0 fully saturated rings. The lowest BCUT2D eigenvalue weighted by atomic mass is 10.1. The van der Waals surface area contributed by atoms with E-state index in [1.165, 1.54) is 83.5 Å². The number of carbonyl (C=O) groups is 3. The van der Waals surface area contributed by atoms with Crippen molar-refractivity contribution < 1.29 is 28.6 Å². The topological polar surface area (TPSA) is 78.9 Å². The highest BCUT2D eigenvalue weighted by Crippen LogP contribution is 2.14. The van der Waals surface area contributed by atoms with Crippen LogP contribution < -0.4 is 0 Å². The summed E-state index contributed by atoms with van der Waals surface area (Å²) in [6, 6.07) is 0. The molecule has 0 aliphatic heterocycles. The van der Waals surface area contributed by atoms with Gasteiger partial charge in [0.25, 0.3) is 0 Å². The van der Waals surface area contributed by atoms with Gasteiger partial charge in [0.05, 0.1) is 0 Å². The largest absolute Gasteiger partial charge is 0.462 e. The Labute approximate surface area is 468 Å². The van der Waals surface area contributed by atoms with Crippen LogP contribution in [0.1, 0.15) is 271 Å². The first-order valence-corrected chi connectivity index (χ1v) is 31.2. The first-order chi connectivity index (χ1) is 37.5. The van der Waals surface area contributed by atoms with Crippen molar-refractivity contribution in [1.29, 1.82) is 0 Å². The fraction of sp³-hybridized carbons (Fsp3) is 0.643. The van der Waals surface area contributed by atoms with E-state index >= 15 is 0 Å². The van der Waals surface area contributed by atoms with E-state index in [9.17, 15) is 14.4 Å². The Balaban J connectivity index is 4.49. The Hall–Kier alpha value is -4.45. The lowest BCUT2D eigenvalue weighted by Crippen LogP contribution is -2.30. The van der Waals surface area contributed by atoms with Crippen molar-refractivity contribution >= 4 is 17.9 Å². The smallest absolute Gasteiger partial charge is 0.306 e. The second-order valence-corrected chi connectivity index (χ2v) is 20.2. The molecule has 0 aromatic rings.